The van der Waals surface area contributed by atoms with Crippen molar-refractivity contribution in [2.24, 2.45) is 0 Å². The topological polar surface area (TPSA) is 73.5 Å². The number of aromatic nitrogens is 5. The van der Waals surface area contributed by atoms with Crippen LogP contribution in [0.3, 0.4) is 0 Å². The monoisotopic (exact) mass is 558 g/mol. The molecule has 2 N–H and O–H groups in total. The average molecular weight is 559 g/mol. The lowest BCUT2D eigenvalue weighted by atomic mass is 10.0. The SMILES string of the molecule is C=C/C(=C\C(=C/C)c1ncc2[nH]nc(-c3cc4c(-c5ccc(F)cc5)nccc4[nH]3)c2c1F)CN1CCC(F)(F)C1. The molecule has 0 aliphatic carbocycles. The van der Waals surface area contributed by atoms with Crippen molar-refractivity contribution in [1.82, 2.24) is 30.0 Å². The van der Waals surface area contributed by atoms with Gasteiger partial charge in [0.15, 0.2) is 5.82 Å². The van der Waals surface area contributed by atoms with Gasteiger partial charge in [-0.2, -0.15) is 5.10 Å². The average Bonchev–Trinajstić information content (AvgIpc) is 3.68. The third-order valence-electron chi connectivity index (χ3n) is 7.31. The molecule has 6 rings (SSSR count). The highest BCUT2D eigenvalue weighted by atomic mass is 19.3. The number of aromatic amines is 2. The number of halogens is 4. The molecule has 0 unspecified atom stereocenters. The Morgan fingerprint density at radius 3 is 2.61 bits per heavy atom. The fraction of sp³-hybridized carbons (Fsp3) is 0.194. The van der Waals surface area contributed by atoms with Gasteiger partial charge in [0.2, 0.25) is 0 Å². The molecule has 0 atom stereocenters. The lowest BCUT2D eigenvalue weighted by Crippen LogP contribution is -2.26. The summed E-state index contributed by atoms with van der Waals surface area (Å²) in [5.41, 5.74) is 4.80. The Balaban J connectivity index is 1.39. The van der Waals surface area contributed by atoms with E-state index in [0.717, 1.165) is 16.5 Å². The lowest BCUT2D eigenvalue weighted by Gasteiger charge is -2.16. The Kier molecular flexibility index (Phi) is 6.78. The van der Waals surface area contributed by atoms with Crippen molar-refractivity contribution in [2.45, 2.75) is 19.3 Å². The van der Waals surface area contributed by atoms with Crippen molar-refractivity contribution in [3.8, 4) is 22.6 Å². The number of rotatable bonds is 7. The molecule has 0 amide bonds. The van der Waals surface area contributed by atoms with Gasteiger partial charge in [0, 0.05) is 42.2 Å². The van der Waals surface area contributed by atoms with Crippen LogP contribution in [0.15, 0.2) is 79.2 Å². The van der Waals surface area contributed by atoms with Crippen LogP contribution in [0.2, 0.25) is 0 Å². The molecule has 5 aromatic rings. The molecule has 1 aliphatic heterocycles. The van der Waals surface area contributed by atoms with Crippen molar-refractivity contribution in [2.75, 3.05) is 19.6 Å². The van der Waals surface area contributed by atoms with Gasteiger partial charge in [-0.3, -0.25) is 20.0 Å². The van der Waals surface area contributed by atoms with Gasteiger partial charge >= 0.3 is 0 Å². The standard InChI is InChI=1S/C31H26F4N6/c1-3-18(16-41-12-10-31(34,35)17-41)13-19(4-2)29-27(33)26-25(15-37-29)39-40-30(26)24-14-22-23(38-24)9-11-36-28(22)20-5-7-21(32)8-6-20/h3-9,11,13-15,38H,1,10,12,16-17H2,2H3,(H,39,40)/b18-13+,19-4+. The van der Waals surface area contributed by atoms with Gasteiger partial charge in [0.05, 0.1) is 35.0 Å². The van der Waals surface area contributed by atoms with Crippen LogP contribution in [0.1, 0.15) is 19.0 Å². The van der Waals surface area contributed by atoms with E-state index in [1.165, 1.54) is 18.3 Å². The maximum Gasteiger partial charge on any atom is 0.261 e. The smallest absolute Gasteiger partial charge is 0.261 e. The second-order valence-corrected chi connectivity index (χ2v) is 10.1. The van der Waals surface area contributed by atoms with Crippen molar-refractivity contribution in [3.63, 3.8) is 0 Å². The van der Waals surface area contributed by atoms with Crippen LogP contribution < -0.4 is 0 Å². The van der Waals surface area contributed by atoms with Gasteiger partial charge in [-0.1, -0.05) is 18.7 Å². The molecule has 0 spiro atoms. The van der Waals surface area contributed by atoms with E-state index >= 15 is 4.39 Å². The molecule has 0 bridgehead atoms. The molecule has 10 heteroatoms. The van der Waals surface area contributed by atoms with E-state index in [4.69, 9.17) is 0 Å². The molecule has 0 radical (unpaired) electrons. The summed E-state index contributed by atoms with van der Waals surface area (Å²) < 4.78 is 57.1. The van der Waals surface area contributed by atoms with Crippen molar-refractivity contribution >= 4 is 27.4 Å². The summed E-state index contributed by atoms with van der Waals surface area (Å²) in [5.74, 6) is -3.61. The third-order valence-corrected chi connectivity index (χ3v) is 7.31. The third kappa shape index (κ3) is 5.06. The minimum atomic E-state index is -2.70. The Hall–Kier alpha value is -4.57. The number of H-pyrrole nitrogens is 2. The molecule has 1 fully saturated rings. The molecule has 1 aliphatic rings. The van der Waals surface area contributed by atoms with Crippen LogP contribution in [-0.2, 0) is 0 Å². The first-order chi connectivity index (χ1) is 19.8. The predicted molar refractivity (Wildman–Crippen MR) is 152 cm³/mol. The van der Waals surface area contributed by atoms with E-state index in [-0.39, 0.29) is 43.0 Å². The molecular formula is C31H26F4N6. The van der Waals surface area contributed by atoms with E-state index in [2.05, 4.69) is 31.7 Å². The van der Waals surface area contributed by atoms with Crippen molar-refractivity contribution < 1.29 is 17.6 Å². The van der Waals surface area contributed by atoms with Gasteiger partial charge in [-0.15, -0.1) is 0 Å². The van der Waals surface area contributed by atoms with Gasteiger partial charge in [-0.05, 0) is 60.5 Å². The van der Waals surface area contributed by atoms with Crippen LogP contribution in [0.25, 0.3) is 50.0 Å². The van der Waals surface area contributed by atoms with Gasteiger partial charge < -0.3 is 4.98 Å². The molecule has 1 saturated heterocycles. The van der Waals surface area contributed by atoms with Gasteiger partial charge in [-0.25, -0.2) is 17.6 Å². The maximum atomic E-state index is 16.2. The quantitative estimate of drug-likeness (QED) is 0.162. The van der Waals surface area contributed by atoms with Crippen molar-refractivity contribution in [3.05, 3.63) is 96.5 Å². The number of fused-ring (bicyclic) bond motifs is 2. The number of hydrogen-bond acceptors (Lipinski definition) is 4. The summed E-state index contributed by atoms with van der Waals surface area (Å²) in [6.07, 6.45) is 8.03. The Bertz CT molecular complexity index is 1830. The predicted octanol–water partition coefficient (Wildman–Crippen LogP) is 7.30. The molecule has 0 saturated carbocycles. The number of allylic oxidation sites excluding steroid dienone is 3. The van der Waals surface area contributed by atoms with Crippen LogP contribution in [0.4, 0.5) is 17.6 Å². The number of likely N-dealkylation sites (tertiary alicyclic amines) is 1. The molecule has 41 heavy (non-hydrogen) atoms. The first-order valence-electron chi connectivity index (χ1n) is 13.1. The number of benzene rings is 1. The lowest BCUT2D eigenvalue weighted by molar-refractivity contribution is 0.0131. The maximum absolute atomic E-state index is 16.2. The molecule has 6 nitrogen and oxygen atoms in total. The number of nitrogens with zero attached hydrogens (tertiary/aromatic N) is 4. The molecule has 208 valence electrons. The highest BCUT2D eigenvalue weighted by molar-refractivity contribution is 6.00. The summed E-state index contributed by atoms with van der Waals surface area (Å²) >= 11 is 0. The summed E-state index contributed by atoms with van der Waals surface area (Å²) in [5, 5.41) is 8.28. The van der Waals surface area contributed by atoms with E-state index in [1.54, 1.807) is 54.4 Å². The summed E-state index contributed by atoms with van der Waals surface area (Å²) in [7, 11) is 0. The zero-order valence-electron chi connectivity index (χ0n) is 22.2. The molecular weight excluding hydrogens is 532 g/mol. The summed E-state index contributed by atoms with van der Waals surface area (Å²) in [4.78, 5) is 13.8. The molecule has 1 aromatic carbocycles. The molecule has 5 heterocycles. The summed E-state index contributed by atoms with van der Waals surface area (Å²) in [6, 6.07) is 9.71. The zero-order valence-corrected chi connectivity index (χ0v) is 22.2. The van der Waals surface area contributed by atoms with E-state index in [9.17, 15) is 13.2 Å². The van der Waals surface area contributed by atoms with Crippen LogP contribution in [0, 0.1) is 11.6 Å². The van der Waals surface area contributed by atoms with Crippen molar-refractivity contribution in [1.29, 1.82) is 0 Å². The molecule has 4 aromatic heterocycles. The first-order valence-corrected chi connectivity index (χ1v) is 13.1. The summed E-state index contributed by atoms with van der Waals surface area (Å²) in [6.45, 7) is 5.83. The number of hydrogen-bond donors (Lipinski definition) is 2. The van der Waals surface area contributed by atoms with Gasteiger partial charge in [0.25, 0.3) is 5.92 Å². The number of nitrogens with one attached hydrogen (secondary N) is 2. The second kappa shape index (κ2) is 10.4. The Morgan fingerprint density at radius 2 is 1.90 bits per heavy atom. The van der Waals surface area contributed by atoms with Crippen LogP contribution >= 0.6 is 0 Å². The van der Waals surface area contributed by atoms with E-state index in [1.807, 2.05) is 6.07 Å². The largest absolute Gasteiger partial charge is 0.353 e. The fourth-order valence-electron chi connectivity index (χ4n) is 5.25. The minimum absolute atomic E-state index is 0.110. The van der Waals surface area contributed by atoms with Gasteiger partial charge in [0.1, 0.15) is 17.2 Å². The minimum Gasteiger partial charge on any atom is -0.353 e. The van der Waals surface area contributed by atoms with Crippen LogP contribution in [-0.4, -0.2) is 55.6 Å². The Morgan fingerprint density at radius 1 is 1.10 bits per heavy atom. The van der Waals surface area contributed by atoms with E-state index in [0.29, 0.717) is 33.7 Å². The number of alkyl halides is 2. The first kappa shape index (κ1) is 26.6. The highest BCUT2D eigenvalue weighted by Crippen LogP contribution is 2.35. The Labute approximate surface area is 233 Å². The highest BCUT2D eigenvalue weighted by Gasteiger charge is 2.38. The zero-order chi connectivity index (χ0) is 28.7. The fourth-order valence-corrected chi connectivity index (χ4v) is 5.25. The second-order valence-electron chi connectivity index (χ2n) is 10.1. The van der Waals surface area contributed by atoms with E-state index < -0.39 is 11.7 Å². The van der Waals surface area contributed by atoms with Crippen LogP contribution in [0.5, 0.6) is 0 Å². The number of pyridine rings is 2. The normalized spacial score (nSPS) is 16.2.